The summed E-state index contributed by atoms with van der Waals surface area (Å²) in [5.74, 6) is -2.34. The number of likely N-dealkylation sites (N-methyl/N-ethyl adjacent to an activating group) is 1. The van der Waals surface area contributed by atoms with Crippen LogP contribution in [0.3, 0.4) is 0 Å². The summed E-state index contributed by atoms with van der Waals surface area (Å²) in [5, 5.41) is 5.06. The maximum atomic E-state index is 11.9. The van der Waals surface area contributed by atoms with Crippen LogP contribution in [0.1, 0.15) is 26.7 Å². The zero-order valence-electron chi connectivity index (χ0n) is 13.1. The quantitative estimate of drug-likeness (QED) is 0.423. The Bertz CT molecular complexity index is 412. The average Bonchev–Trinajstić information content (AvgIpc) is 2.54. The smallest absolute Gasteiger partial charge is 0.328 e. The first kappa shape index (κ1) is 23.1. The largest absolute Gasteiger partial charge is 0.469 e. The summed E-state index contributed by atoms with van der Waals surface area (Å²) in [5.41, 5.74) is 0. The minimum Gasteiger partial charge on any atom is -0.469 e. The van der Waals surface area contributed by atoms with Crippen molar-refractivity contribution in [2.45, 2.75) is 38.8 Å². The van der Waals surface area contributed by atoms with Gasteiger partial charge in [0.1, 0.15) is 12.1 Å². The lowest BCUT2D eigenvalue weighted by Gasteiger charge is -2.18. The van der Waals surface area contributed by atoms with E-state index in [1.807, 2.05) is 0 Å². The van der Waals surface area contributed by atoms with Crippen LogP contribution in [0.4, 0.5) is 0 Å². The molecule has 0 rings (SSSR count). The van der Waals surface area contributed by atoms with Gasteiger partial charge >= 0.3 is 17.9 Å². The van der Waals surface area contributed by atoms with Gasteiger partial charge in [0.05, 0.1) is 27.8 Å². The van der Waals surface area contributed by atoms with E-state index in [0.29, 0.717) is 0 Å². The lowest BCUT2D eigenvalue weighted by Crippen LogP contribution is -2.46. The topological polar surface area (TPSA) is 120 Å². The van der Waals surface area contributed by atoms with E-state index >= 15 is 0 Å². The van der Waals surface area contributed by atoms with E-state index in [4.69, 9.17) is 0 Å². The van der Waals surface area contributed by atoms with Crippen molar-refractivity contribution < 1.29 is 33.4 Å². The summed E-state index contributed by atoms with van der Waals surface area (Å²) in [6.07, 6.45) is -0.231. The van der Waals surface area contributed by atoms with Gasteiger partial charge in [-0.3, -0.25) is 14.4 Å². The second-order valence-corrected chi connectivity index (χ2v) is 4.33. The number of hydrogen-bond donors (Lipinski definition) is 2. The number of esters is 3. The second-order valence-electron chi connectivity index (χ2n) is 4.33. The predicted molar refractivity (Wildman–Crippen MR) is 81.4 cm³/mol. The van der Waals surface area contributed by atoms with Crippen LogP contribution in [0.15, 0.2) is 0 Å². The van der Waals surface area contributed by atoms with Gasteiger partial charge in [-0.15, -0.1) is 0 Å². The summed E-state index contributed by atoms with van der Waals surface area (Å²) in [7, 11) is 5.11. The van der Waals surface area contributed by atoms with Crippen molar-refractivity contribution in [1.29, 1.82) is 0 Å². The second kappa shape index (κ2) is 12.4. The fraction of sp³-hybridized carbons (Fsp3) is 0.714. The highest BCUT2D eigenvalue weighted by Crippen LogP contribution is 2.03. The highest BCUT2D eigenvalue weighted by Gasteiger charge is 2.26. The Hall–Kier alpha value is -2.16. The van der Waals surface area contributed by atoms with Gasteiger partial charge in [-0.1, -0.05) is 7.43 Å². The van der Waals surface area contributed by atoms with Gasteiger partial charge in [0.2, 0.25) is 5.91 Å². The van der Waals surface area contributed by atoms with Crippen molar-refractivity contribution in [3.05, 3.63) is 0 Å². The van der Waals surface area contributed by atoms with Crippen LogP contribution < -0.4 is 10.6 Å². The molecule has 0 aromatic heterocycles. The molecule has 0 saturated heterocycles. The van der Waals surface area contributed by atoms with E-state index in [0.717, 1.165) is 0 Å². The molecule has 0 heterocycles. The Balaban J connectivity index is 0. The molecular formula is C14H26N2O7. The number of methoxy groups -OCH3 is 3. The van der Waals surface area contributed by atoms with Gasteiger partial charge in [0, 0.05) is 6.42 Å². The van der Waals surface area contributed by atoms with Crippen molar-refractivity contribution >= 4 is 23.8 Å². The molecule has 0 spiro atoms. The van der Waals surface area contributed by atoms with Crippen LogP contribution >= 0.6 is 0 Å². The third-order valence-electron chi connectivity index (χ3n) is 2.91. The predicted octanol–water partition coefficient (Wildman–Crippen LogP) is -0.615. The Morgan fingerprint density at radius 1 is 0.913 bits per heavy atom. The molecule has 0 fully saturated rings. The number of rotatable bonds is 9. The molecule has 0 bridgehead atoms. The molecule has 0 aliphatic heterocycles. The van der Waals surface area contributed by atoms with Crippen molar-refractivity contribution in [1.82, 2.24) is 10.6 Å². The molecule has 2 unspecified atom stereocenters. The van der Waals surface area contributed by atoms with Crippen molar-refractivity contribution in [2.24, 2.45) is 0 Å². The van der Waals surface area contributed by atoms with E-state index in [1.54, 1.807) is 0 Å². The SMILES string of the molecule is C.CNC(CC(=O)NC(CCC(=O)OC)C(=O)OC)C(=O)OC. The molecule has 23 heavy (non-hydrogen) atoms. The Labute approximate surface area is 136 Å². The van der Waals surface area contributed by atoms with E-state index in [-0.39, 0.29) is 26.7 Å². The first-order chi connectivity index (χ1) is 10.4. The Kier molecular flexibility index (Phi) is 12.5. The first-order valence-corrected chi connectivity index (χ1v) is 6.58. The first-order valence-electron chi connectivity index (χ1n) is 6.58. The van der Waals surface area contributed by atoms with Gasteiger partial charge in [-0.2, -0.15) is 0 Å². The van der Waals surface area contributed by atoms with Gasteiger partial charge in [0.25, 0.3) is 0 Å². The standard InChI is InChI=1S/C13H22N2O7.CH4/c1-14-9(13(19)22-4)7-10(16)15-8(12(18)21-3)5-6-11(17)20-2;/h8-9,14H,5-7H2,1-4H3,(H,15,16);1H4. The lowest BCUT2D eigenvalue weighted by atomic mass is 10.1. The van der Waals surface area contributed by atoms with Gasteiger partial charge < -0.3 is 24.8 Å². The van der Waals surface area contributed by atoms with Crippen molar-refractivity contribution in [2.75, 3.05) is 28.4 Å². The molecule has 2 atom stereocenters. The molecule has 0 saturated carbocycles. The Morgan fingerprint density at radius 2 is 1.43 bits per heavy atom. The van der Waals surface area contributed by atoms with Crippen molar-refractivity contribution in [3.8, 4) is 0 Å². The van der Waals surface area contributed by atoms with Crippen LogP contribution in [0.25, 0.3) is 0 Å². The van der Waals surface area contributed by atoms with Crippen LogP contribution in [0, 0.1) is 0 Å². The summed E-state index contributed by atoms with van der Waals surface area (Å²) >= 11 is 0. The van der Waals surface area contributed by atoms with E-state index in [1.165, 1.54) is 28.4 Å². The van der Waals surface area contributed by atoms with Crippen LogP contribution in [0.5, 0.6) is 0 Å². The summed E-state index contributed by atoms with van der Waals surface area (Å²) < 4.78 is 13.6. The number of carbonyl (C=O) groups excluding carboxylic acids is 4. The number of amides is 1. The van der Waals surface area contributed by atoms with E-state index < -0.39 is 35.9 Å². The molecule has 0 aliphatic carbocycles. The summed E-state index contributed by atoms with van der Waals surface area (Å²) in [6.45, 7) is 0. The Morgan fingerprint density at radius 3 is 1.87 bits per heavy atom. The van der Waals surface area contributed by atoms with Gasteiger partial charge in [-0.05, 0) is 13.5 Å². The van der Waals surface area contributed by atoms with Crippen LogP contribution in [-0.2, 0) is 33.4 Å². The fourth-order valence-corrected chi connectivity index (χ4v) is 1.64. The average molecular weight is 334 g/mol. The highest BCUT2D eigenvalue weighted by molar-refractivity contribution is 5.88. The van der Waals surface area contributed by atoms with Crippen LogP contribution in [0.2, 0.25) is 0 Å². The molecule has 0 aromatic rings. The van der Waals surface area contributed by atoms with E-state index in [2.05, 4.69) is 24.8 Å². The molecule has 0 aliphatic rings. The maximum Gasteiger partial charge on any atom is 0.328 e. The molecule has 9 nitrogen and oxygen atoms in total. The molecule has 2 N–H and O–H groups in total. The van der Waals surface area contributed by atoms with E-state index in [9.17, 15) is 19.2 Å². The van der Waals surface area contributed by atoms with Crippen LogP contribution in [-0.4, -0.2) is 64.3 Å². The molecule has 0 radical (unpaired) electrons. The maximum absolute atomic E-state index is 11.9. The number of carbonyl (C=O) groups is 4. The zero-order chi connectivity index (χ0) is 17.1. The summed E-state index contributed by atoms with van der Waals surface area (Å²) in [6, 6.07) is -1.82. The molecular weight excluding hydrogens is 308 g/mol. The summed E-state index contributed by atoms with van der Waals surface area (Å²) in [4.78, 5) is 46.0. The van der Waals surface area contributed by atoms with Crippen molar-refractivity contribution in [3.63, 3.8) is 0 Å². The normalized spacial score (nSPS) is 12.2. The number of ether oxygens (including phenoxy) is 3. The number of nitrogens with one attached hydrogen (secondary N) is 2. The molecule has 9 heteroatoms. The zero-order valence-corrected chi connectivity index (χ0v) is 13.1. The van der Waals surface area contributed by atoms with Gasteiger partial charge in [-0.25, -0.2) is 4.79 Å². The minimum absolute atomic E-state index is 0. The third-order valence-corrected chi connectivity index (χ3v) is 2.91. The fourth-order valence-electron chi connectivity index (χ4n) is 1.64. The number of hydrogen-bond acceptors (Lipinski definition) is 8. The highest BCUT2D eigenvalue weighted by atomic mass is 16.5. The molecule has 1 amide bonds. The monoisotopic (exact) mass is 334 g/mol. The molecule has 0 aromatic carbocycles. The lowest BCUT2D eigenvalue weighted by molar-refractivity contribution is -0.147. The minimum atomic E-state index is -0.994. The molecule has 134 valence electrons. The third kappa shape index (κ3) is 8.77. The van der Waals surface area contributed by atoms with Gasteiger partial charge in [0.15, 0.2) is 0 Å².